The van der Waals surface area contributed by atoms with E-state index in [2.05, 4.69) is 33.8 Å². The van der Waals surface area contributed by atoms with Crippen LogP contribution in [0, 0.1) is 0 Å². The second kappa shape index (κ2) is 6.14. The molecule has 2 heterocycles. The lowest BCUT2D eigenvalue weighted by Crippen LogP contribution is -2.18. The van der Waals surface area contributed by atoms with Gasteiger partial charge >= 0.3 is 0 Å². The first-order valence-electron chi connectivity index (χ1n) is 8.93. The normalized spacial score (nSPS) is 17.3. The van der Waals surface area contributed by atoms with E-state index in [9.17, 15) is 4.39 Å². The molecule has 1 aliphatic heterocycles. The molecule has 4 rings (SSSR count). The van der Waals surface area contributed by atoms with E-state index in [4.69, 9.17) is 0 Å². The summed E-state index contributed by atoms with van der Waals surface area (Å²) in [5.74, 6) is 0. The Labute approximate surface area is 148 Å². The second-order valence-electron chi connectivity index (χ2n) is 7.34. The van der Waals surface area contributed by atoms with Crippen molar-refractivity contribution in [3.8, 4) is 11.1 Å². The zero-order chi connectivity index (χ0) is 17.4. The maximum Gasteiger partial charge on any atom is 0.130 e. The standard InChI is InChI=1S/C22H23FN2/c1-22(2,23)17-12-10-16(11-13-17)19-7-3-4-8-20(19)21-9-5-6-18-14-24-15-25(18)21/h3-4,7-8,10-15,21H,5-6,9H2,1-2H3. The van der Waals surface area contributed by atoms with Gasteiger partial charge in [0.25, 0.3) is 0 Å². The molecule has 128 valence electrons. The van der Waals surface area contributed by atoms with Gasteiger partial charge in [-0.25, -0.2) is 9.37 Å². The fourth-order valence-electron chi connectivity index (χ4n) is 3.82. The van der Waals surface area contributed by atoms with Crippen LogP contribution in [-0.4, -0.2) is 9.55 Å². The Balaban J connectivity index is 1.76. The lowest BCUT2D eigenvalue weighted by Gasteiger charge is -2.28. The van der Waals surface area contributed by atoms with Gasteiger partial charge in [0, 0.05) is 11.9 Å². The molecule has 0 saturated heterocycles. The molecule has 1 atom stereocenters. The topological polar surface area (TPSA) is 17.8 Å². The molecule has 0 radical (unpaired) electrons. The number of halogens is 1. The molecule has 0 saturated carbocycles. The van der Waals surface area contributed by atoms with Gasteiger partial charge in [-0.3, -0.25) is 0 Å². The van der Waals surface area contributed by atoms with Crippen molar-refractivity contribution in [2.24, 2.45) is 0 Å². The minimum atomic E-state index is -1.31. The molecule has 25 heavy (non-hydrogen) atoms. The fraction of sp³-hybridized carbons (Fsp3) is 0.318. The molecule has 0 bridgehead atoms. The predicted octanol–water partition coefficient (Wildman–Crippen LogP) is 5.68. The molecule has 1 aromatic heterocycles. The number of aromatic nitrogens is 2. The molecule has 0 aliphatic carbocycles. The Kier molecular flexibility index (Phi) is 3.95. The number of hydrogen-bond donors (Lipinski definition) is 0. The maximum atomic E-state index is 14.1. The van der Waals surface area contributed by atoms with Gasteiger partial charge in [0.15, 0.2) is 0 Å². The van der Waals surface area contributed by atoms with Gasteiger partial charge in [0.1, 0.15) is 5.67 Å². The van der Waals surface area contributed by atoms with E-state index in [0.29, 0.717) is 11.6 Å². The number of nitrogens with zero attached hydrogens (tertiary/aromatic N) is 2. The second-order valence-corrected chi connectivity index (χ2v) is 7.34. The highest BCUT2D eigenvalue weighted by atomic mass is 19.1. The number of aryl methyl sites for hydroxylation is 1. The van der Waals surface area contributed by atoms with Crippen LogP contribution < -0.4 is 0 Å². The molecule has 1 aliphatic rings. The van der Waals surface area contributed by atoms with Crippen molar-refractivity contribution in [1.29, 1.82) is 0 Å². The Morgan fingerprint density at radius 2 is 1.84 bits per heavy atom. The Hall–Kier alpha value is -2.42. The monoisotopic (exact) mass is 334 g/mol. The van der Waals surface area contributed by atoms with Crippen LogP contribution in [0.4, 0.5) is 4.39 Å². The molecule has 0 fully saturated rings. The number of rotatable bonds is 3. The van der Waals surface area contributed by atoms with E-state index in [0.717, 1.165) is 18.4 Å². The van der Waals surface area contributed by atoms with Gasteiger partial charge in [0.2, 0.25) is 0 Å². The van der Waals surface area contributed by atoms with Crippen LogP contribution in [0.15, 0.2) is 61.1 Å². The van der Waals surface area contributed by atoms with Gasteiger partial charge < -0.3 is 4.57 Å². The van der Waals surface area contributed by atoms with Crippen molar-refractivity contribution in [1.82, 2.24) is 9.55 Å². The third-order valence-corrected chi connectivity index (χ3v) is 5.19. The van der Waals surface area contributed by atoms with Crippen molar-refractivity contribution in [3.63, 3.8) is 0 Å². The quantitative estimate of drug-likeness (QED) is 0.602. The maximum absolute atomic E-state index is 14.1. The highest BCUT2D eigenvalue weighted by Gasteiger charge is 2.24. The first-order valence-corrected chi connectivity index (χ1v) is 8.93. The molecule has 2 aromatic carbocycles. The Morgan fingerprint density at radius 1 is 1.08 bits per heavy atom. The summed E-state index contributed by atoms with van der Waals surface area (Å²) in [5.41, 5.74) is 4.37. The number of alkyl halides is 1. The van der Waals surface area contributed by atoms with Crippen LogP contribution in [-0.2, 0) is 12.1 Å². The highest BCUT2D eigenvalue weighted by Crippen LogP contribution is 2.37. The van der Waals surface area contributed by atoms with Crippen LogP contribution in [0.2, 0.25) is 0 Å². The molecule has 0 N–H and O–H groups in total. The van der Waals surface area contributed by atoms with E-state index >= 15 is 0 Å². The Bertz CT molecular complexity index is 872. The van der Waals surface area contributed by atoms with Gasteiger partial charge in [-0.15, -0.1) is 0 Å². The van der Waals surface area contributed by atoms with Crippen molar-refractivity contribution >= 4 is 0 Å². The average molecular weight is 334 g/mol. The van der Waals surface area contributed by atoms with Gasteiger partial charge in [0.05, 0.1) is 12.4 Å². The van der Waals surface area contributed by atoms with E-state index < -0.39 is 5.67 Å². The number of hydrogen-bond acceptors (Lipinski definition) is 1. The SMILES string of the molecule is CC(C)(F)c1ccc(-c2ccccc2C2CCCc3cncn32)cc1. The van der Waals surface area contributed by atoms with Crippen LogP contribution in [0.25, 0.3) is 11.1 Å². The summed E-state index contributed by atoms with van der Waals surface area (Å²) in [6.07, 6.45) is 7.33. The summed E-state index contributed by atoms with van der Waals surface area (Å²) < 4.78 is 16.5. The van der Waals surface area contributed by atoms with Crippen LogP contribution >= 0.6 is 0 Å². The highest BCUT2D eigenvalue weighted by molar-refractivity contribution is 5.68. The van der Waals surface area contributed by atoms with Crippen molar-refractivity contribution in [2.75, 3.05) is 0 Å². The zero-order valence-corrected chi connectivity index (χ0v) is 14.7. The van der Waals surface area contributed by atoms with Crippen LogP contribution in [0.5, 0.6) is 0 Å². The number of imidazole rings is 1. The minimum Gasteiger partial charge on any atom is -0.327 e. The summed E-state index contributed by atoms with van der Waals surface area (Å²) in [4.78, 5) is 4.34. The van der Waals surface area contributed by atoms with E-state index in [1.165, 1.54) is 23.2 Å². The van der Waals surface area contributed by atoms with Crippen LogP contribution in [0.3, 0.4) is 0 Å². The van der Waals surface area contributed by atoms with Gasteiger partial charge in [-0.1, -0.05) is 48.5 Å². The zero-order valence-electron chi connectivity index (χ0n) is 14.7. The molecular weight excluding hydrogens is 311 g/mol. The van der Waals surface area contributed by atoms with Crippen molar-refractivity contribution in [2.45, 2.75) is 44.8 Å². The summed E-state index contributed by atoms with van der Waals surface area (Å²) in [5, 5.41) is 0. The van der Waals surface area contributed by atoms with Crippen molar-refractivity contribution < 1.29 is 4.39 Å². The molecule has 3 heteroatoms. The summed E-state index contributed by atoms with van der Waals surface area (Å²) in [6, 6.07) is 16.7. The Morgan fingerprint density at radius 3 is 2.60 bits per heavy atom. The van der Waals surface area contributed by atoms with E-state index in [1.807, 2.05) is 36.8 Å². The van der Waals surface area contributed by atoms with E-state index in [1.54, 1.807) is 13.8 Å². The number of fused-ring (bicyclic) bond motifs is 1. The van der Waals surface area contributed by atoms with E-state index in [-0.39, 0.29) is 0 Å². The summed E-state index contributed by atoms with van der Waals surface area (Å²) in [7, 11) is 0. The number of benzene rings is 2. The van der Waals surface area contributed by atoms with Gasteiger partial charge in [-0.2, -0.15) is 0 Å². The van der Waals surface area contributed by atoms with Gasteiger partial charge in [-0.05, 0) is 55.4 Å². The minimum absolute atomic E-state index is 0.319. The molecule has 1 unspecified atom stereocenters. The lowest BCUT2D eigenvalue weighted by molar-refractivity contribution is 0.221. The predicted molar refractivity (Wildman–Crippen MR) is 99.3 cm³/mol. The third-order valence-electron chi connectivity index (χ3n) is 5.19. The largest absolute Gasteiger partial charge is 0.327 e. The first kappa shape index (κ1) is 16.1. The lowest BCUT2D eigenvalue weighted by atomic mass is 9.89. The molecular formula is C22H23FN2. The average Bonchev–Trinajstić information content (AvgIpc) is 3.10. The van der Waals surface area contributed by atoms with Crippen LogP contribution in [0.1, 0.15) is 49.6 Å². The smallest absolute Gasteiger partial charge is 0.130 e. The molecule has 3 aromatic rings. The third kappa shape index (κ3) is 2.99. The molecule has 0 spiro atoms. The molecule has 2 nitrogen and oxygen atoms in total. The summed E-state index contributed by atoms with van der Waals surface area (Å²) in [6.45, 7) is 3.19. The fourth-order valence-corrected chi connectivity index (χ4v) is 3.82. The first-order chi connectivity index (χ1) is 12.0. The summed E-state index contributed by atoms with van der Waals surface area (Å²) >= 11 is 0. The van der Waals surface area contributed by atoms with Crippen molar-refractivity contribution in [3.05, 3.63) is 77.9 Å². The molecule has 0 amide bonds.